The summed E-state index contributed by atoms with van der Waals surface area (Å²) in [7, 11) is -0.657. The van der Waals surface area contributed by atoms with Crippen molar-refractivity contribution < 1.29 is 9.00 Å². The minimum Gasteiger partial charge on any atom is -0.397 e. The molecule has 3 rings (SSSR count). The lowest BCUT2D eigenvalue weighted by atomic mass is 10.1. The maximum absolute atomic E-state index is 11.3. The van der Waals surface area contributed by atoms with Crippen LogP contribution in [0.25, 0.3) is 0 Å². The van der Waals surface area contributed by atoms with Crippen LogP contribution in [0.2, 0.25) is 0 Å². The Morgan fingerprint density at radius 1 is 1.32 bits per heavy atom. The molecule has 6 heteroatoms. The van der Waals surface area contributed by atoms with Gasteiger partial charge in [-0.05, 0) is 30.5 Å². The van der Waals surface area contributed by atoms with Crippen molar-refractivity contribution >= 4 is 33.8 Å². The van der Waals surface area contributed by atoms with Gasteiger partial charge in [-0.1, -0.05) is 0 Å². The van der Waals surface area contributed by atoms with E-state index in [1.54, 1.807) is 0 Å². The first-order valence-electron chi connectivity index (χ1n) is 6.45. The molecule has 0 unspecified atom stereocenters. The fourth-order valence-corrected chi connectivity index (χ4v) is 3.88. The Labute approximate surface area is 114 Å². The largest absolute Gasteiger partial charge is 0.397 e. The Balaban J connectivity index is 1.76. The van der Waals surface area contributed by atoms with Crippen molar-refractivity contribution in [1.82, 2.24) is 0 Å². The number of nitrogens with two attached hydrogens (primary N) is 1. The number of fused-ring (bicyclic) bond motifs is 1. The SMILES string of the molecule is Nc1cc2c(cc1NC1CCS(=O)CC1)NC(=O)C2. The van der Waals surface area contributed by atoms with E-state index in [1.165, 1.54) is 0 Å². The highest BCUT2D eigenvalue weighted by Gasteiger charge is 2.22. The Morgan fingerprint density at radius 2 is 2.05 bits per heavy atom. The van der Waals surface area contributed by atoms with Crippen LogP contribution in [0.15, 0.2) is 12.1 Å². The fraction of sp³-hybridized carbons (Fsp3) is 0.462. The fourth-order valence-electron chi connectivity index (χ4n) is 2.58. The second-order valence-electron chi connectivity index (χ2n) is 5.09. The van der Waals surface area contributed by atoms with E-state index in [4.69, 9.17) is 5.73 Å². The molecule has 1 saturated heterocycles. The standard InChI is InChI=1S/C13H17N3O2S/c14-10-5-8-6-13(17)16-11(8)7-12(10)15-9-1-3-19(18)4-2-9/h5,7,9,15H,1-4,6,14H2,(H,16,17). The summed E-state index contributed by atoms with van der Waals surface area (Å²) in [5, 5.41) is 6.23. The molecule has 102 valence electrons. The molecule has 0 aliphatic carbocycles. The predicted octanol–water partition coefficient (Wildman–Crippen LogP) is 1.09. The average molecular weight is 279 g/mol. The summed E-state index contributed by atoms with van der Waals surface area (Å²) in [6.07, 6.45) is 2.20. The molecule has 1 amide bonds. The molecule has 0 bridgehead atoms. The molecule has 0 saturated carbocycles. The van der Waals surface area contributed by atoms with Crippen LogP contribution in [0.1, 0.15) is 18.4 Å². The summed E-state index contributed by atoms with van der Waals surface area (Å²) in [5.74, 6) is 1.51. The van der Waals surface area contributed by atoms with Crippen LogP contribution in [0.5, 0.6) is 0 Å². The number of nitrogens with one attached hydrogen (secondary N) is 2. The van der Waals surface area contributed by atoms with Crippen molar-refractivity contribution in [2.24, 2.45) is 0 Å². The van der Waals surface area contributed by atoms with Gasteiger partial charge in [-0.2, -0.15) is 0 Å². The molecule has 1 fully saturated rings. The first kappa shape index (κ1) is 12.5. The van der Waals surface area contributed by atoms with Gasteiger partial charge in [0.25, 0.3) is 0 Å². The second kappa shape index (κ2) is 4.85. The van der Waals surface area contributed by atoms with Crippen molar-refractivity contribution in [3.63, 3.8) is 0 Å². The first-order chi connectivity index (χ1) is 9.11. The number of benzene rings is 1. The molecule has 2 aliphatic rings. The monoisotopic (exact) mass is 279 g/mol. The molecule has 2 aliphatic heterocycles. The van der Waals surface area contributed by atoms with Crippen molar-refractivity contribution in [1.29, 1.82) is 0 Å². The molecule has 4 N–H and O–H groups in total. The normalized spacial score (nSPS) is 25.8. The molecule has 1 aromatic carbocycles. The van der Waals surface area contributed by atoms with E-state index in [1.807, 2.05) is 12.1 Å². The Bertz CT molecular complexity index is 549. The maximum Gasteiger partial charge on any atom is 0.228 e. The lowest BCUT2D eigenvalue weighted by Crippen LogP contribution is -2.29. The van der Waals surface area contributed by atoms with Crippen LogP contribution in [0, 0.1) is 0 Å². The van der Waals surface area contributed by atoms with Gasteiger partial charge in [0.15, 0.2) is 0 Å². The zero-order chi connectivity index (χ0) is 13.4. The lowest BCUT2D eigenvalue weighted by Gasteiger charge is -2.24. The van der Waals surface area contributed by atoms with Gasteiger partial charge in [0.2, 0.25) is 5.91 Å². The summed E-state index contributed by atoms with van der Waals surface area (Å²) in [5.41, 5.74) is 9.35. The number of hydrogen-bond donors (Lipinski definition) is 3. The molecular weight excluding hydrogens is 262 g/mol. The van der Waals surface area contributed by atoms with Crippen LogP contribution in [0.4, 0.5) is 17.1 Å². The van der Waals surface area contributed by atoms with Crippen LogP contribution >= 0.6 is 0 Å². The maximum atomic E-state index is 11.3. The van der Waals surface area contributed by atoms with Crippen molar-refractivity contribution in [3.8, 4) is 0 Å². The van der Waals surface area contributed by atoms with E-state index in [0.717, 1.165) is 41.3 Å². The zero-order valence-electron chi connectivity index (χ0n) is 10.6. The number of rotatable bonds is 2. The number of carbonyl (C=O) groups is 1. The van der Waals surface area contributed by atoms with Crippen LogP contribution in [-0.2, 0) is 22.0 Å². The van der Waals surface area contributed by atoms with E-state index in [9.17, 15) is 9.00 Å². The second-order valence-corrected chi connectivity index (χ2v) is 6.78. The van der Waals surface area contributed by atoms with Gasteiger partial charge in [-0.3, -0.25) is 9.00 Å². The molecule has 19 heavy (non-hydrogen) atoms. The van der Waals surface area contributed by atoms with E-state index in [2.05, 4.69) is 10.6 Å². The van der Waals surface area contributed by atoms with E-state index in [0.29, 0.717) is 18.2 Å². The molecule has 2 heterocycles. The summed E-state index contributed by atoms with van der Waals surface area (Å²) in [4.78, 5) is 11.3. The van der Waals surface area contributed by atoms with Crippen LogP contribution in [0.3, 0.4) is 0 Å². The molecule has 1 aromatic rings. The molecule has 0 aromatic heterocycles. The van der Waals surface area contributed by atoms with Crippen LogP contribution in [-0.4, -0.2) is 27.7 Å². The van der Waals surface area contributed by atoms with Gasteiger partial charge in [0, 0.05) is 34.0 Å². The Kier molecular flexibility index (Phi) is 3.18. The van der Waals surface area contributed by atoms with E-state index < -0.39 is 10.8 Å². The highest BCUT2D eigenvalue weighted by atomic mass is 32.2. The van der Waals surface area contributed by atoms with Gasteiger partial charge in [-0.15, -0.1) is 0 Å². The topological polar surface area (TPSA) is 84.2 Å². The zero-order valence-corrected chi connectivity index (χ0v) is 11.4. The van der Waals surface area contributed by atoms with E-state index in [-0.39, 0.29) is 5.91 Å². The average Bonchev–Trinajstić information content (AvgIpc) is 2.72. The molecule has 5 nitrogen and oxygen atoms in total. The smallest absolute Gasteiger partial charge is 0.228 e. The van der Waals surface area contributed by atoms with Gasteiger partial charge in [-0.25, -0.2) is 0 Å². The number of nitrogen functional groups attached to an aromatic ring is 1. The Morgan fingerprint density at radius 3 is 2.79 bits per heavy atom. The number of amides is 1. The molecule has 0 spiro atoms. The molecular formula is C13H17N3O2S. The van der Waals surface area contributed by atoms with Gasteiger partial charge >= 0.3 is 0 Å². The molecule has 0 atom stereocenters. The predicted molar refractivity (Wildman–Crippen MR) is 77.7 cm³/mol. The third kappa shape index (κ3) is 2.58. The summed E-state index contributed by atoms with van der Waals surface area (Å²) < 4.78 is 11.3. The van der Waals surface area contributed by atoms with Crippen LogP contribution < -0.4 is 16.4 Å². The van der Waals surface area contributed by atoms with Gasteiger partial charge < -0.3 is 16.4 Å². The highest BCUT2D eigenvalue weighted by Crippen LogP contribution is 2.32. The van der Waals surface area contributed by atoms with Gasteiger partial charge in [0.1, 0.15) is 0 Å². The first-order valence-corrected chi connectivity index (χ1v) is 7.94. The third-order valence-corrected chi connectivity index (χ3v) is 5.03. The van der Waals surface area contributed by atoms with Crippen molar-refractivity contribution in [2.45, 2.75) is 25.3 Å². The summed E-state index contributed by atoms with van der Waals surface area (Å²) in [6.45, 7) is 0. The number of anilines is 3. The van der Waals surface area contributed by atoms with Crippen molar-refractivity contribution in [3.05, 3.63) is 17.7 Å². The summed E-state index contributed by atoms with van der Waals surface area (Å²) in [6, 6.07) is 4.08. The summed E-state index contributed by atoms with van der Waals surface area (Å²) >= 11 is 0. The minimum absolute atomic E-state index is 0.0135. The Hall–Kier alpha value is -1.56. The van der Waals surface area contributed by atoms with E-state index >= 15 is 0 Å². The minimum atomic E-state index is -0.657. The molecule has 0 radical (unpaired) electrons. The quantitative estimate of drug-likeness (QED) is 0.707. The number of carbonyl (C=O) groups excluding carboxylic acids is 1. The van der Waals surface area contributed by atoms with Gasteiger partial charge in [0.05, 0.1) is 17.8 Å². The number of hydrogen-bond acceptors (Lipinski definition) is 4. The highest BCUT2D eigenvalue weighted by molar-refractivity contribution is 7.85. The third-order valence-electron chi connectivity index (χ3n) is 3.65. The lowest BCUT2D eigenvalue weighted by molar-refractivity contribution is -0.115. The van der Waals surface area contributed by atoms with Crippen molar-refractivity contribution in [2.75, 3.05) is 27.9 Å².